The summed E-state index contributed by atoms with van der Waals surface area (Å²) in [6, 6.07) is 20.7. The Kier molecular flexibility index (Phi) is 5.19. The van der Waals surface area contributed by atoms with Gasteiger partial charge in [0.25, 0.3) is 0 Å². The van der Waals surface area contributed by atoms with Gasteiger partial charge in [0.1, 0.15) is 11.4 Å². The number of anilines is 2. The van der Waals surface area contributed by atoms with Crippen molar-refractivity contribution in [2.75, 3.05) is 18.0 Å². The number of hydrogen-bond acceptors (Lipinski definition) is 5. The summed E-state index contributed by atoms with van der Waals surface area (Å²) in [4.78, 5) is 9.53. The zero-order valence-electron chi connectivity index (χ0n) is 14.9. The van der Waals surface area contributed by atoms with Crippen molar-refractivity contribution in [1.29, 1.82) is 0 Å². The van der Waals surface area contributed by atoms with Gasteiger partial charge < -0.3 is 4.74 Å². The summed E-state index contributed by atoms with van der Waals surface area (Å²) in [5.74, 6) is 1.28. The monoisotopic (exact) mass is 410 g/mol. The Morgan fingerprint density at radius 1 is 0.821 bits per heavy atom. The minimum Gasteiger partial charge on any atom is -0.497 e. The molecule has 1 aromatic heterocycles. The standard InChI is InChI=1S/C21H16Cl2N4O/c1-28-15-8-10-18-19(12-15)25-21(20(24-18)13-5-3-2-4-6-13)27-26-17-9-7-14(22)11-16(17)23/h2-12,26H,1H3,(H,25,27). The number of hydrazine groups is 1. The number of rotatable bonds is 5. The zero-order valence-corrected chi connectivity index (χ0v) is 16.4. The molecule has 1 heterocycles. The fourth-order valence-electron chi connectivity index (χ4n) is 2.76. The molecule has 140 valence electrons. The third-order valence-electron chi connectivity index (χ3n) is 4.17. The molecule has 0 saturated heterocycles. The van der Waals surface area contributed by atoms with Gasteiger partial charge in [-0.15, -0.1) is 0 Å². The molecule has 0 aliphatic carbocycles. The molecule has 2 N–H and O–H groups in total. The van der Waals surface area contributed by atoms with Gasteiger partial charge in [-0.1, -0.05) is 53.5 Å². The van der Waals surface area contributed by atoms with Crippen LogP contribution in [-0.2, 0) is 0 Å². The summed E-state index contributed by atoms with van der Waals surface area (Å²) in [6.07, 6.45) is 0. The molecular formula is C21H16Cl2N4O. The minimum atomic E-state index is 0.497. The average molecular weight is 411 g/mol. The summed E-state index contributed by atoms with van der Waals surface area (Å²) in [5.41, 5.74) is 10.0. The van der Waals surface area contributed by atoms with E-state index in [9.17, 15) is 0 Å². The predicted molar refractivity (Wildman–Crippen MR) is 115 cm³/mol. The highest BCUT2D eigenvalue weighted by Crippen LogP contribution is 2.30. The lowest BCUT2D eigenvalue weighted by molar-refractivity contribution is 0.415. The maximum atomic E-state index is 6.25. The number of aromatic nitrogens is 2. The van der Waals surface area contributed by atoms with Crippen molar-refractivity contribution in [3.63, 3.8) is 0 Å². The Bertz CT molecular complexity index is 1140. The predicted octanol–water partition coefficient (Wildman–Crippen LogP) is 6.05. The number of ether oxygens (including phenoxy) is 1. The van der Waals surface area contributed by atoms with Gasteiger partial charge in [-0.25, -0.2) is 9.97 Å². The van der Waals surface area contributed by atoms with Gasteiger partial charge in [0.2, 0.25) is 0 Å². The summed E-state index contributed by atoms with van der Waals surface area (Å²) in [5, 5.41) is 1.06. The van der Waals surface area contributed by atoms with Gasteiger partial charge in [0, 0.05) is 16.7 Å². The highest BCUT2D eigenvalue weighted by molar-refractivity contribution is 6.36. The van der Waals surface area contributed by atoms with E-state index in [1.807, 2.05) is 48.5 Å². The minimum absolute atomic E-state index is 0.497. The Balaban J connectivity index is 1.77. The van der Waals surface area contributed by atoms with E-state index in [2.05, 4.69) is 10.9 Å². The third-order valence-corrected chi connectivity index (χ3v) is 4.71. The van der Waals surface area contributed by atoms with Gasteiger partial charge in [0.15, 0.2) is 5.82 Å². The van der Waals surface area contributed by atoms with E-state index in [0.717, 1.165) is 16.8 Å². The second kappa shape index (κ2) is 7.92. The maximum absolute atomic E-state index is 6.25. The maximum Gasteiger partial charge on any atom is 0.171 e. The van der Waals surface area contributed by atoms with Crippen LogP contribution in [0.15, 0.2) is 66.7 Å². The van der Waals surface area contributed by atoms with Crippen LogP contribution >= 0.6 is 23.2 Å². The molecule has 0 radical (unpaired) electrons. The first-order chi connectivity index (χ1) is 13.6. The van der Waals surface area contributed by atoms with Crippen molar-refractivity contribution in [3.05, 3.63) is 76.8 Å². The summed E-state index contributed by atoms with van der Waals surface area (Å²) < 4.78 is 5.30. The second-order valence-electron chi connectivity index (χ2n) is 6.02. The number of hydrogen-bond donors (Lipinski definition) is 2. The molecule has 3 aromatic carbocycles. The highest BCUT2D eigenvalue weighted by Gasteiger charge is 2.12. The first kappa shape index (κ1) is 18.3. The van der Waals surface area contributed by atoms with Gasteiger partial charge in [-0.2, -0.15) is 0 Å². The molecule has 0 aliphatic heterocycles. The summed E-state index contributed by atoms with van der Waals surface area (Å²) in [7, 11) is 1.62. The van der Waals surface area contributed by atoms with Crippen molar-refractivity contribution in [2.24, 2.45) is 0 Å². The van der Waals surface area contributed by atoms with Crippen LogP contribution in [0, 0.1) is 0 Å². The molecule has 0 bridgehead atoms. The van der Waals surface area contributed by atoms with E-state index in [-0.39, 0.29) is 0 Å². The van der Waals surface area contributed by atoms with Crippen molar-refractivity contribution in [3.8, 4) is 17.0 Å². The highest BCUT2D eigenvalue weighted by atomic mass is 35.5. The first-order valence-corrected chi connectivity index (χ1v) is 9.28. The zero-order chi connectivity index (χ0) is 19.5. The van der Waals surface area contributed by atoms with Crippen molar-refractivity contribution < 1.29 is 4.74 Å². The van der Waals surface area contributed by atoms with Crippen LogP contribution in [0.2, 0.25) is 10.0 Å². The van der Waals surface area contributed by atoms with Crippen molar-refractivity contribution in [1.82, 2.24) is 9.97 Å². The molecule has 0 spiro atoms. The van der Waals surface area contributed by atoms with Crippen LogP contribution in [0.4, 0.5) is 11.5 Å². The van der Waals surface area contributed by atoms with E-state index in [0.29, 0.717) is 32.8 Å². The largest absolute Gasteiger partial charge is 0.497 e. The Morgan fingerprint density at radius 2 is 1.64 bits per heavy atom. The first-order valence-electron chi connectivity index (χ1n) is 8.52. The van der Waals surface area contributed by atoms with E-state index >= 15 is 0 Å². The second-order valence-corrected chi connectivity index (χ2v) is 6.86. The van der Waals surface area contributed by atoms with E-state index in [1.165, 1.54) is 0 Å². The topological polar surface area (TPSA) is 59.1 Å². The number of benzene rings is 3. The summed E-state index contributed by atoms with van der Waals surface area (Å²) >= 11 is 12.2. The average Bonchev–Trinajstić information content (AvgIpc) is 2.72. The molecule has 5 nitrogen and oxygen atoms in total. The van der Waals surface area contributed by atoms with Gasteiger partial charge in [-0.3, -0.25) is 10.9 Å². The Labute approximate surface area is 172 Å². The van der Waals surface area contributed by atoms with Crippen LogP contribution in [0.5, 0.6) is 5.75 Å². The molecular weight excluding hydrogens is 395 g/mol. The molecule has 0 aliphatic rings. The molecule has 0 saturated carbocycles. The van der Waals surface area contributed by atoms with Crippen LogP contribution < -0.4 is 15.6 Å². The Morgan fingerprint density at radius 3 is 2.39 bits per heavy atom. The van der Waals surface area contributed by atoms with E-state index in [1.54, 1.807) is 25.3 Å². The molecule has 4 rings (SSSR count). The molecule has 7 heteroatoms. The van der Waals surface area contributed by atoms with Gasteiger partial charge in [0.05, 0.1) is 28.9 Å². The third kappa shape index (κ3) is 3.81. The molecule has 0 amide bonds. The fraction of sp³-hybridized carbons (Fsp3) is 0.0476. The normalized spacial score (nSPS) is 10.7. The Hall–Kier alpha value is -3.02. The lowest BCUT2D eigenvalue weighted by Gasteiger charge is -2.15. The lowest BCUT2D eigenvalue weighted by Crippen LogP contribution is -2.12. The fourth-order valence-corrected chi connectivity index (χ4v) is 3.22. The van der Waals surface area contributed by atoms with Gasteiger partial charge >= 0.3 is 0 Å². The molecule has 0 unspecified atom stereocenters. The number of nitrogens with zero attached hydrogens (tertiary/aromatic N) is 2. The number of nitrogens with one attached hydrogen (secondary N) is 2. The summed E-state index contributed by atoms with van der Waals surface area (Å²) in [6.45, 7) is 0. The lowest BCUT2D eigenvalue weighted by atomic mass is 10.1. The molecule has 28 heavy (non-hydrogen) atoms. The van der Waals surface area contributed by atoms with Crippen molar-refractivity contribution >= 4 is 45.7 Å². The SMILES string of the molecule is COc1ccc2nc(-c3ccccc3)c(NNc3ccc(Cl)cc3Cl)nc2c1. The molecule has 4 aromatic rings. The van der Waals surface area contributed by atoms with Crippen LogP contribution in [0.1, 0.15) is 0 Å². The number of methoxy groups -OCH3 is 1. The van der Waals surface area contributed by atoms with Crippen LogP contribution in [-0.4, -0.2) is 17.1 Å². The molecule has 0 fully saturated rings. The van der Waals surface area contributed by atoms with E-state index in [4.69, 9.17) is 37.9 Å². The van der Waals surface area contributed by atoms with Gasteiger partial charge in [-0.05, 0) is 30.3 Å². The van der Waals surface area contributed by atoms with Crippen molar-refractivity contribution in [2.45, 2.75) is 0 Å². The smallest absolute Gasteiger partial charge is 0.171 e. The van der Waals surface area contributed by atoms with E-state index < -0.39 is 0 Å². The number of fused-ring (bicyclic) bond motifs is 1. The van der Waals surface area contributed by atoms with Crippen LogP contribution in [0.25, 0.3) is 22.3 Å². The molecule has 0 atom stereocenters. The quantitative estimate of drug-likeness (QED) is 0.392. The van der Waals surface area contributed by atoms with Crippen LogP contribution in [0.3, 0.4) is 0 Å². The number of halogens is 2.